The summed E-state index contributed by atoms with van der Waals surface area (Å²) < 4.78 is 16.5. The van der Waals surface area contributed by atoms with Crippen molar-refractivity contribution < 1.29 is 28.9 Å². The maximum absolute atomic E-state index is 13.1. The Morgan fingerprint density at radius 1 is 0.897 bits per heavy atom. The molecule has 7 nitrogen and oxygen atoms in total. The van der Waals surface area contributed by atoms with E-state index in [1.807, 2.05) is 6.07 Å². The zero-order valence-electron chi connectivity index (χ0n) is 17.1. The molecule has 1 aliphatic rings. The van der Waals surface area contributed by atoms with Crippen LogP contribution in [-0.4, -0.2) is 56.3 Å². The highest BCUT2D eigenvalue weighted by atomic mass is 16.5. The second-order valence-electron chi connectivity index (χ2n) is 6.97. The number of rotatable bonds is 5. The summed E-state index contributed by atoms with van der Waals surface area (Å²) in [4.78, 5) is 26.2. The summed E-state index contributed by atoms with van der Waals surface area (Å²) in [5.41, 5.74) is 3.28. The lowest BCUT2D eigenvalue weighted by atomic mass is 10.0. The molecule has 1 aliphatic heterocycles. The molecule has 3 rings (SSSR count). The van der Waals surface area contributed by atoms with Gasteiger partial charge < -0.3 is 24.2 Å². The number of fused-ring (bicyclic) bond motifs is 1. The smallest absolute Gasteiger partial charge is 0.335 e. The van der Waals surface area contributed by atoms with Crippen molar-refractivity contribution in [3.05, 3.63) is 52.1 Å². The maximum Gasteiger partial charge on any atom is 0.335 e. The number of hydrogen-bond donors (Lipinski definition) is 1. The van der Waals surface area contributed by atoms with E-state index in [-0.39, 0.29) is 11.5 Å². The van der Waals surface area contributed by atoms with Crippen molar-refractivity contribution >= 4 is 11.9 Å². The van der Waals surface area contributed by atoms with Gasteiger partial charge in [-0.2, -0.15) is 0 Å². The topological polar surface area (TPSA) is 85.3 Å². The number of carbonyl (C=O) groups is 2. The molecule has 0 aliphatic carbocycles. The summed E-state index contributed by atoms with van der Waals surface area (Å²) >= 11 is 0. The SMILES string of the molecule is COc1cc2c(c(OC)c1OC)CCN(C(=O)c1cc(C)cc(C(=O)O)c1)CC2. The van der Waals surface area contributed by atoms with Crippen molar-refractivity contribution in [1.29, 1.82) is 0 Å². The van der Waals surface area contributed by atoms with E-state index < -0.39 is 5.97 Å². The molecule has 2 aromatic carbocycles. The number of carboxylic acid groups (broad SMARTS) is 1. The monoisotopic (exact) mass is 399 g/mol. The highest BCUT2D eigenvalue weighted by Gasteiger charge is 2.26. The number of carbonyl (C=O) groups excluding carboxylic acids is 1. The number of benzene rings is 2. The zero-order chi connectivity index (χ0) is 21.1. The predicted octanol–water partition coefficient (Wildman–Crippen LogP) is 2.96. The van der Waals surface area contributed by atoms with Gasteiger partial charge in [0.05, 0.1) is 26.9 Å². The van der Waals surface area contributed by atoms with E-state index in [4.69, 9.17) is 14.2 Å². The van der Waals surface area contributed by atoms with Crippen molar-refractivity contribution in [3.63, 3.8) is 0 Å². The van der Waals surface area contributed by atoms with Crippen LogP contribution in [0.15, 0.2) is 24.3 Å². The molecule has 29 heavy (non-hydrogen) atoms. The van der Waals surface area contributed by atoms with Crippen LogP contribution in [0.5, 0.6) is 17.2 Å². The molecular weight excluding hydrogens is 374 g/mol. The van der Waals surface area contributed by atoms with Gasteiger partial charge in [-0.05, 0) is 55.2 Å². The van der Waals surface area contributed by atoms with Gasteiger partial charge in [0.15, 0.2) is 11.5 Å². The summed E-state index contributed by atoms with van der Waals surface area (Å²) in [6.07, 6.45) is 1.23. The number of ether oxygens (including phenoxy) is 3. The van der Waals surface area contributed by atoms with Crippen LogP contribution in [0.1, 0.15) is 37.4 Å². The van der Waals surface area contributed by atoms with Crippen molar-refractivity contribution in [2.24, 2.45) is 0 Å². The minimum absolute atomic E-state index is 0.114. The van der Waals surface area contributed by atoms with Crippen molar-refractivity contribution in [2.75, 3.05) is 34.4 Å². The largest absolute Gasteiger partial charge is 0.493 e. The van der Waals surface area contributed by atoms with Gasteiger partial charge in [-0.1, -0.05) is 0 Å². The molecule has 1 N–H and O–H groups in total. The summed E-state index contributed by atoms with van der Waals surface area (Å²) in [7, 11) is 4.73. The molecule has 154 valence electrons. The third kappa shape index (κ3) is 3.99. The molecule has 1 heterocycles. The highest BCUT2D eigenvalue weighted by Crippen LogP contribution is 2.43. The van der Waals surface area contributed by atoms with Crippen molar-refractivity contribution in [3.8, 4) is 17.2 Å². The first-order valence-corrected chi connectivity index (χ1v) is 9.34. The number of aromatic carboxylic acids is 1. The van der Waals surface area contributed by atoms with E-state index >= 15 is 0 Å². The van der Waals surface area contributed by atoms with Gasteiger partial charge in [0.1, 0.15) is 0 Å². The number of amides is 1. The molecule has 7 heteroatoms. The lowest BCUT2D eigenvalue weighted by Gasteiger charge is -2.21. The molecule has 2 aromatic rings. The fourth-order valence-electron chi connectivity index (χ4n) is 3.79. The normalized spacial score (nSPS) is 13.3. The first kappa shape index (κ1) is 20.5. The zero-order valence-corrected chi connectivity index (χ0v) is 17.1. The van der Waals surface area contributed by atoms with E-state index in [9.17, 15) is 14.7 Å². The molecule has 0 saturated heterocycles. The van der Waals surface area contributed by atoms with Gasteiger partial charge in [0.25, 0.3) is 5.91 Å². The van der Waals surface area contributed by atoms with Crippen molar-refractivity contribution in [1.82, 2.24) is 4.90 Å². The molecule has 0 atom stereocenters. The summed E-state index contributed by atoms with van der Waals surface area (Å²) in [5, 5.41) is 9.28. The minimum atomic E-state index is -1.05. The first-order chi connectivity index (χ1) is 13.9. The van der Waals surface area contributed by atoms with E-state index in [0.29, 0.717) is 48.7 Å². The fourth-order valence-corrected chi connectivity index (χ4v) is 3.79. The van der Waals surface area contributed by atoms with E-state index in [0.717, 1.165) is 16.7 Å². The highest BCUT2D eigenvalue weighted by molar-refractivity contribution is 5.98. The Kier molecular flexibility index (Phi) is 5.96. The molecule has 0 radical (unpaired) electrons. The fraction of sp³-hybridized carbons (Fsp3) is 0.364. The van der Waals surface area contributed by atoms with Crippen LogP contribution in [0.25, 0.3) is 0 Å². The number of aryl methyl sites for hydroxylation is 1. The third-order valence-electron chi connectivity index (χ3n) is 5.17. The van der Waals surface area contributed by atoms with Crippen LogP contribution >= 0.6 is 0 Å². The van der Waals surface area contributed by atoms with Gasteiger partial charge in [0.2, 0.25) is 5.75 Å². The molecule has 0 aromatic heterocycles. The van der Waals surface area contributed by atoms with Crippen LogP contribution in [0.2, 0.25) is 0 Å². The molecule has 0 saturated carbocycles. The van der Waals surface area contributed by atoms with Crippen LogP contribution in [-0.2, 0) is 12.8 Å². The Bertz CT molecular complexity index is 953. The molecule has 0 unspecified atom stereocenters. The quantitative estimate of drug-likeness (QED) is 0.832. The second-order valence-corrected chi connectivity index (χ2v) is 6.97. The minimum Gasteiger partial charge on any atom is -0.493 e. The molecule has 0 spiro atoms. The lowest BCUT2D eigenvalue weighted by Crippen LogP contribution is -2.33. The van der Waals surface area contributed by atoms with Crippen LogP contribution < -0.4 is 14.2 Å². The van der Waals surface area contributed by atoms with Crippen LogP contribution in [0, 0.1) is 6.92 Å². The summed E-state index contributed by atoms with van der Waals surface area (Å²) in [6.45, 7) is 2.79. The van der Waals surface area contributed by atoms with Crippen molar-refractivity contribution in [2.45, 2.75) is 19.8 Å². The first-order valence-electron chi connectivity index (χ1n) is 9.34. The predicted molar refractivity (Wildman–Crippen MR) is 108 cm³/mol. The Morgan fingerprint density at radius 2 is 1.55 bits per heavy atom. The Balaban J connectivity index is 1.91. The average molecular weight is 399 g/mol. The number of nitrogens with zero attached hydrogens (tertiary/aromatic N) is 1. The van der Waals surface area contributed by atoms with Gasteiger partial charge in [-0.3, -0.25) is 4.79 Å². The van der Waals surface area contributed by atoms with Gasteiger partial charge >= 0.3 is 5.97 Å². The Hall–Kier alpha value is -3.22. The molecule has 0 bridgehead atoms. The number of hydrogen-bond acceptors (Lipinski definition) is 5. The summed E-state index contributed by atoms with van der Waals surface area (Å²) in [6, 6.07) is 6.64. The second kappa shape index (κ2) is 8.43. The number of methoxy groups -OCH3 is 3. The Morgan fingerprint density at radius 3 is 2.17 bits per heavy atom. The average Bonchev–Trinajstić information content (AvgIpc) is 2.93. The van der Waals surface area contributed by atoms with Gasteiger partial charge in [-0.15, -0.1) is 0 Å². The Labute approximate surface area is 169 Å². The molecular formula is C22H25NO6. The van der Waals surface area contributed by atoms with E-state index in [1.54, 1.807) is 45.3 Å². The lowest BCUT2D eigenvalue weighted by molar-refractivity contribution is 0.0696. The maximum atomic E-state index is 13.1. The number of carboxylic acids is 1. The molecule has 0 fully saturated rings. The molecule has 1 amide bonds. The van der Waals surface area contributed by atoms with Gasteiger partial charge in [0, 0.05) is 24.2 Å². The van der Waals surface area contributed by atoms with E-state index in [1.165, 1.54) is 6.07 Å². The van der Waals surface area contributed by atoms with Gasteiger partial charge in [-0.25, -0.2) is 4.79 Å². The van der Waals surface area contributed by atoms with E-state index in [2.05, 4.69) is 0 Å². The van der Waals surface area contributed by atoms with Crippen LogP contribution in [0.4, 0.5) is 0 Å². The standard InChI is InChI=1S/C22H25NO6/c1-13-9-15(11-16(10-13)22(25)26)21(24)23-7-5-14-12-18(27-2)20(29-4)19(28-3)17(14)6-8-23/h9-12H,5-8H2,1-4H3,(H,25,26). The third-order valence-corrected chi connectivity index (χ3v) is 5.17. The van der Waals surface area contributed by atoms with Crippen LogP contribution in [0.3, 0.4) is 0 Å². The summed E-state index contributed by atoms with van der Waals surface area (Å²) in [5.74, 6) is 0.530.